The van der Waals surface area contributed by atoms with E-state index in [0.717, 1.165) is 31.4 Å². The maximum atomic E-state index is 12.2. The Bertz CT molecular complexity index is 946. The average molecular weight is 404 g/mol. The molecule has 1 fully saturated rings. The molecule has 142 valence electrons. The summed E-state index contributed by atoms with van der Waals surface area (Å²) in [7, 11) is 0. The lowest BCUT2D eigenvalue weighted by molar-refractivity contribution is 0.303. The van der Waals surface area contributed by atoms with Crippen LogP contribution in [0.25, 0.3) is 0 Å². The predicted octanol–water partition coefficient (Wildman–Crippen LogP) is 3.44. The summed E-state index contributed by atoms with van der Waals surface area (Å²) in [6.45, 7) is 0. The number of para-hydroxylation sites is 1. The van der Waals surface area contributed by atoms with Gasteiger partial charge in [-0.2, -0.15) is 5.10 Å². The number of hydrazone groups is 1. The first-order chi connectivity index (χ1) is 13.1. The summed E-state index contributed by atoms with van der Waals surface area (Å²) in [6, 6.07) is 9.48. The summed E-state index contributed by atoms with van der Waals surface area (Å²) in [4.78, 5) is 14.8. The monoisotopic (exact) mass is 403 g/mol. The van der Waals surface area contributed by atoms with Crippen LogP contribution in [-0.4, -0.2) is 26.0 Å². The molecule has 0 saturated heterocycles. The molecule has 1 aromatic carbocycles. The molecule has 2 aromatic rings. The van der Waals surface area contributed by atoms with Gasteiger partial charge in [-0.25, -0.2) is 0 Å². The van der Waals surface area contributed by atoms with Gasteiger partial charge < -0.3 is 10.4 Å². The molecular formula is C18H21N5O2S2. The molecule has 0 amide bonds. The van der Waals surface area contributed by atoms with Crippen LogP contribution in [0.5, 0.6) is 5.88 Å². The standard InChI is InChI=1S/C18H21N5O2S2/c24-15-14(11-19-22-17(26)20-12-7-3-1-4-8-12)16(25)23(18(27)21-15)13-9-5-2-6-10-13/h1,3-4,7-8,11,13,25H,2,5-6,9-10H2,(H2,20,22,26)(H,21,24,27). The highest BCUT2D eigenvalue weighted by Crippen LogP contribution is 2.31. The zero-order chi connectivity index (χ0) is 19.2. The van der Waals surface area contributed by atoms with E-state index in [2.05, 4.69) is 20.8 Å². The Balaban J connectivity index is 1.76. The van der Waals surface area contributed by atoms with Crippen molar-refractivity contribution in [2.24, 2.45) is 5.10 Å². The van der Waals surface area contributed by atoms with Crippen molar-refractivity contribution >= 4 is 41.5 Å². The van der Waals surface area contributed by atoms with E-state index in [-0.39, 0.29) is 27.4 Å². The Hall–Kier alpha value is -2.52. The molecule has 0 spiro atoms. The number of aromatic nitrogens is 2. The molecule has 1 saturated carbocycles. The normalized spacial score (nSPS) is 15.0. The first-order valence-corrected chi connectivity index (χ1v) is 9.61. The molecule has 0 aliphatic heterocycles. The van der Waals surface area contributed by atoms with E-state index in [4.69, 9.17) is 24.4 Å². The van der Waals surface area contributed by atoms with Gasteiger partial charge in [0.25, 0.3) is 5.56 Å². The Morgan fingerprint density at radius 2 is 1.96 bits per heavy atom. The first kappa shape index (κ1) is 19.2. The highest BCUT2D eigenvalue weighted by molar-refractivity contribution is 7.80. The second kappa shape index (κ2) is 8.92. The molecule has 3 rings (SSSR count). The Morgan fingerprint density at radius 3 is 2.67 bits per heavy atom. The zero-order valence-corrected chi connectivity index (χ0v) is 16.3. The van der Waals surface area contributed by atoms with Crippen molar-refractivity contribution in [3.63, 3.8) is 0 Å². The zero-order valence-electron chi connectivity index (χ0n) is 14.6. The summed E-state index contributed by atoms with van der Waals surface area (Å²) in [5.41, 5.74) is 3.01. The summed E-state index contributed by atoms with van der Waals surface area (Å²) in [5, 5.41) is 17.8. The molecule has 0 atom stereocenters. The van der Waals surface area contributed by atoms with Crippen molar-refractivity contribution in [3.8, 4) is 5.88 Å². The second-order valence-electron chi connectivity index (χ2n) is 6.35. The fourth-order valence-corrected chi connectivity index (χ4v) is 3.68. The van der Waals surface area contributed by atoms with Crippen molar-refractivity contribution in [2.75, 3.05) is 5.32 Å². The summed E-state index contributed by atoms with van der Waals surface area (Å²) in [5.74, 6) is -0.164. The summed E-state index contributed by atoms with van der Waals surface area (Å²) >= 11 is 10.4. The van der Waals surface area contributed by atoms with E-state index in [1.165, 1.54) is 12.6 Å². The number of H-pyrrole nitrogens is 1. The summed E-state index contributed by atoms with van der Waals surface area (Å²) in [6.07, 6.45) is 6.44. The molecule has 4 N–H and O–H groups in total. The molecule has 9 heteroatoms. The van der Waals surface area contributed by atoms with E-state index in [9.17, 15) is 9.90 Å². The van der Waals surface area contributed by atoms with Gasteiger partial charge >= 0.3 is 0 Å². The van der Waals surface area contributed by atoms with E-state index < -0.39 is 5.56 Å². The van der Waals surface area contributed by atoms with Crippen molar-refractivity contribution < 1.29 is 5.11 Å². The van der Waals surface area contributed by atoms with Crippen LogP contribution in [0.2, 0.25) is 0 Å². The van der Waals surface area contributed by atoms with Gasteiger partial charge in [-0.05, 0) is 49.4 Å². The van der Waals surface area contributed by atoms with Crippen LogP contribution in [0.15, 0.2) is 40.2 Å². The number of rotatable bonds is 4. The van der Waals surface area contributed by atoms with Crippen molar-refractivity contribution in [3.05, 3.63) is 51.0 Å². The van der Waals surface area contributed by atoms with Crippen LogP contribution in [0, 0.1) is 4.77 Å². The number of nitrogens with one attached hydrogen (secondary N) is 3. The third kappa shape index (κ3) is 4.81. The molecule has 1 heterocycles. The topological polar surface area (TPSA) is 94.4 Å². The Labute approximate surface area is 167 Å². The van der Waals surface area contributed by atoms with Gasteiger partial charge in [0.05, 0.1) is 6.21 Å². The van der Waals surface area contributed by atoms with E-state index in [1.807, 2.05) is 30.3 Å². The van der Waals surface area contributed by atoms with Gasteiger partial charge in [0.1, 0.15) is 5.56 Å². The largest absolute Gasteiger partial charge is 0.494 e. The third-order valence-electron chi connectivity index (χ3n) is 4.48. The lowest BCUT2D eigenvalue weighted by Crippen LogP contribution is -2.25. The lowest BCUT2D eigenvalue weighted by Gasteiger charge is -2.25. The molecule has 0 radical (unpaired) electrons. The number of aromatic amines is 1. The molecule has 7 nitrogen and oxygen atoms in total. The minimum Gasteiger partial charge on any atom is -0.494 e. The van der Waals surface area contributed by atoms with Crippen molar-refractivity contribution in [2.45, 2.75) is 38.1 Å². The molecule has 1 aliphatic carbocycles. The number of aromatic hydroxyl groups is 1. The van der Waals surface area contributed by atoms with Gasteiger partial charge in [0.2, 0.25) is 5.88 Å². The van der Waals surface area contributed by atoms with Gasteiger partial charge in [-0.1, -0.05) is 37.5 Å². The quantitative estimate of drug-likeness (QED) is 0.355. The van der Waals surface area contributed by atoms with Crippen molar-refractivity contribution in [1.29, 1.82) is 0 Å². The van der Waals surface area contributed by atoms with Crippen LogP contribution in [-0.2, 0) is 0 Å². The molecule has 0 unspecified atom stereocenters. The SMILES string of the molecule is O=c1[nH]c(=S)n(C2CCCCC2)c(O)c1C=NNC(=S)Nc1ccccc1. The van der Waals surface area contributed by atoms with Crippen LogP contribution < -0.4 is 16.3 Å². The highest BCUT2D eigenvalue weighted by atomic mass is 32.1. The van der Waals surface area contributed by atoms with E-state index in [0.29, 0.717) is 0 Å². The molecule has 1 aromatic heterocycles. The Morgan fingerprint density at radius 1 is 1.26 bits per heavy atom. The number of benzene rings is 1. The third-order valence-corrected chi connectivity index (χ3v) is 4.98. The number of anilines is 1. The maximum absolute atomic E-state index is 12.2. The highest BCUT2D eigenvalue weighted by Gasteiger charge is 2.21. The van der Waals surface area contributed by atoms with Crippen LogP contribution in [0.4, 0.5) is 5.69 Å². The van der Waals surface area contributed by atoms with Gasteiger partial charge in [0, 0.05) is 11.7 Å². The molecule has 27 heavy (non-hydrogen) atoms. The fraction of sp³-hybridized carbons (Fsp3) is 0.333. The van der Waals surface area contributed by atoms with Gasteiger partial charge in [0.15, 0.2) is 9.88 Å². The van der Waals surface area contributed by atoms with Gasteiger partial charge in [-0.3, -0.25) is 19.8 Å². The molecular weight excluding hydrogens is 382 g/mol. The lowest BCUT2D eigenvalue weighted by atomic mass is 9.95. The van der Waals surface area contributed by atoms with Crippen LogP contribution in [0.3, 0.4) is 0 Å². The van der Waals surface area contributed by atoms with Crippen molar-refractivity contribution in [1.82, 2.24) is 15.0 Å². The first-order valence-electron chi connectivity index (χ1n) is 8.79. The molecule has 0 bridgehead atoms. The predicted molar refractivity (Wildman–Crippen MR) is 113 cm³/mol. The van der Waals surface area contributed by atoms with Gasteiger partial charge in [-0.15, -0.1) is 0 Å². The number of hydrogen-bond acceptors (Lipinski definition) is 5. The smallest absolute Gasteiger partial charge is 0.264 e. The van der Waals surface area contributed by atoms with E-state index in [1.54, 1.807) is 4.57 Å². The minimum absolute atomic E-state index is 0.0455. The van der Waals surface area contributed by atoms with Crippen LogP contribution >= 0.6 is 24.4 Å². The maximum Gasteiger partial charge on any atom is 0.264 e. The minimum atomic E-state index is -0.489. The summed E-state index contributed by atoms with van der Waals surface area (Å²) < 4.78 is 1.86. The average Bonchev–Trinajstić information content (AvgIpc) is 2.66. The number of thiocarbonyl (C=S) groups is 1. The fourth-order valence-electron chi connectivity index (χ4n) is 3.18. The van der Waals surface area contributed by atoms with Crippen LogP contribution in [0.1, 0.15) is 43.7 Å². The molecule has 1 aliphatic rings. The second-order valence-corrected chi connectivity index (χ2v) is 7.14. The van der Waals surface area contributed by atoms with E-state index >= 15 is 0 Å². The number of hydrogen-bond donors (Lipinski definition) is 4. The Kier molecular flexibility index (Phi) is 6.36. The number of nitrogens with zero attached hydrogens (tertiary/aromatic N) is 2.